The van der Waals surface area contributed by atoms with Gasteiger partial charge in [-0.2, -0.15) is 0 Å². The first kappa shape index (κ1) is 14.0. The second-order valence-corrected chi connectivity index (χ2v) is 5.34. The third-order valence-electron chi connectivity index (χ3n) is 3.80. The minimum atomic E-state index is 0.0199. The molecular formula is C15H23N3O. The summed E-state index contributed by atoms with van der Waals surface area (Å²) in [5.74, 6) is 0.0199. The smallest absolute Gasteiger partial charge is 0.238 e. The van der Waals surface area contributed by atoms with Gasteiger partial charge in [-0.25, -0.2) is 0 Å². The molecule has 1 aromatic rings. The van der Waals surface area contributed by atoms with Gasteiger partial charge in [0.15, 0.2) is 0 Å². The molecule has 0 saturated heterocycles. The van der Waals surface area contributed by atoms with Crippen LogP contribution in [0.5, 0.6) is 0 Å². The van der Waals surface area contributed by atoms with Crippen LogP contribution in [0, 0.1) is 0 Å². The van der Waals surface area contributed by atoms with Gasteiger partial charge in [0, 0.05) is 17.8 Å². The van der Waals surface area contributed by atoms with Crippen molar-refractivity contribution in [1.29, 1.82) is 0 Å². The van der Waals surface area contributed by atoms with Crippen LogP contribution in [0.15, 0.2) is 30.3 Å². The maximum atomic E-state index is 12.0. The number of amides is 1. The Hall–Kier alpha value is -1.39. The molecule has 1 amide bonds. The molecule has 0 bridgehead atoms. The number of hydrogen-bond donors (Lipinski definition) is 2. The van der Waals surface area contributed by atoms with E-state index in [4.69, 9.17) is 5.73 Å². The average molecular weight is 261 g/mol. The summed E-state index contributed by atoms with van der Waals surface area (Å²) in [7, 11) is 1.99. The van der Waals surface area contributed by atoms with Crippen LogP contribution < -0.4 is 11.1 Å². The zero-order chi connectivity index (χ0) is 13.7. The molecule has 1 aromatic carbocycles. The molecule has 2 rings (SSSR count). The average Bonchev–Trinajstić information content (AvgIpc) is 2.40. The first-order valence-electron chi connectivity index (χ1n) is 6.97. The van der Waals surface area contributed by atoms with Crippen molar-refractivity contribution in [1.82, 2.24) is 4.90 Å². The number of anilines is 1. The van der Waals surface area contributed by atoms with E-state index < -0.39 is 0 Å². The van der Waals surface area contributed by atoms with E-state index in [1.54, 1.807) is 0 Å². The standard InChI is InChI=1S/C15H23N3O/c1-18(14-10-6-5-9-13(14)16)11-15(19)17-12-7-3-2-4-8-12/h2-4,7-8,13-14H,5-6,9-11,16H2,1H3,(H,17,19). The van der Waals surface area contributed by atoms with Crippen molar-refractivity contribution in [2.45, 2.75) is 37.8 Å². The zero-order valence-corrected chi connectivity index (χ0v) is 11.5. The van der Waals surface area contributed by atoms with E-state index in [9.17, 15) is 4.79 Å². The summed E-state index contributed by atoms with van der Waals surface area (Å²) in [6.45, 7) is 0.396. The SMILES string of the molecule is CN(CC(=O)Nc1ccccc1)C1CCCCC1N. The molecule has 0 aromatic heterocycles. The van der Waals surface area contributed by atoms with Crippen molar-refractivity contribution in [3.8, 4) is 0 Å². The second-order valence-electron chi connectivity index (χ2n) is 5.34. The number of hydrogen-bond acceptors (Lipinski definition) is 3. The Morgan fingerprint density at radius 1 is 1.32 bits per heavy atom. The minimum Gasteiger partial charge on any atom is -0.326 e. The Morgan fingerprint density at radius 2 is 2.00 bits per heavy atom. The van der Waals surface area contributed by atoms with Crippen molar-refractivity contribution in [3.63, 3.8) is 0 Å². The number of para-hydroxylation sites is 1. The van der Waals surface area contributed by atoms with Gasteiger partial charge in [-0.05, 0) is 32.0 Å². The molecule has 0 spiro atoms. The minimum absolute atomic E-state index is 0.0199. The number of benzene rings is 1. The lowest BCUT2D eigenvalue weighted by Gasteiger charge is -2.35. The highest BCUT2D eigenvalue weighted by molar-refractivity contribution is 5.92. The van der Waals surface area contributed by atoms with Crippen molar-refractivity contribution < 1.29 is 4.79 Å². The lowest BCUT2D eigenvalue weighted by atomic mass is 9.90. The fraction of sp³-hybridized carbons (Fsp3) is 0.533. The number of nitrogens with two attached hydrogens (primary N) is 1. The maximum Gasteiger partial charge on any atom is 0.238 e. The summed E-state index contributed by atoms with van der Waals surface area (Å²) in [4.78, 5) is 14.1. The summed E-state index contributed by atoms with van der Waals surface area (Å²) < 4.78 is 0. The van der Waals surface area contributed by atoms with Gasteiger partial charge in [-0.1, -0.05) is 31.0 Å². The van der Waals surface area contributed by atoms with Gasteiger partial charge in [-0.3, -0.25) is 9.69 Å². The molecule has 0 aliphatic heterocycles. The third-order valence-corrected chi connectivity index (χ3v) is 3.80. The highest BCUT2D eigenvalue weighted by Gasteiger charge is 2.26. The van der Waals surface area contributed by atoms with Crippen LogP contribution in [0.3, 0.4) is 0 Å². The zero-order valence-electron chi connectivity index (χ0n) is 11.5. The van der Waals surface area contributed by atoms with Crippen LogP contribution in [0.4, 0.5) is 5.69 Å². The molecule has 4 heteroatoms. The summed E-state index contributed by atoms with van der Waals surface area (Å²) >= 11 is 0. The van der Waals surface area contributed by atoms with E-state index in [2.05, 4.69) is 10.2 Å². The molecule has 1 fully saturated rings. The Balaban J connectivity index is 1.84. The van der Waals surface area contributed by atoms with E-state index in [0.29, 0.717) is 12.6 Å². The Kier molecular flexibility index (Phi) is 4.93. The van der Waals surface area contributed by atoms with E-state index in [1.165, 1.54) is 12.8 Å². The molecular weight excluding hydrogens is 238 g/mol. The van der Waals surface area contributed by atoms with E-state index in [-0.39, 0.29) is 11.9 Å². The van der Waals surface area contributed by atoms with Crippen molar-refractivity contribution in [3.05, 3.63) is 30.3 Å². The number of rotatable bonds is 4. The van der Waals surface area contributed by atoms with E-state index >= 15 is 0 Å². The molecule has 1 saturated carbocycles. The molecule has 0 radical (unpaired) electrons. The van der Waals surface area contributed by atoms with Gasteiger partial charge in [0.2, 0.25) is 5.91 Å². The van der Waals surface area contributed by atoms with Gasteiger partial charge < -0.3 is 11.1 Å². The normalized spacial score (nSPS) is 23.3. The predicted molar refractivity (Wildman–Crippen MR) is 77.9 cm³/mol. The van der Waals surface area contributed by atoms with Gasteiger partial charge in [-0.15, -0.1) is 0 Å². The van der Waals surface area contributed by atoms with Gasteiger partial charge in [0.05, 0.1) is 6.54 Å². The highest BCUT2D eigenvalue weighted by atomic mass is 16.2. The molecule has 2 unspecified atom stereocenters. The molecule has 104 valence electrons. The van der Waals surface area contributed by atoms with Crippen LogP contribution in [0.25, 0.3) is 0 Å². The summed E-state index contributed by atoms with van der Waals surface area (Å²) in [6, 6.07) is 10.1. The molecule has 4 nitrogen and oxygen atoms in total. The highest BCUT2D eigenvalue weighted by Crippen LogP contribution is 2.20. The van der Waals surface area contributed by atoms with Crippen LogP contribution in [0.1, 0.15) is 25.7 Å². The molecule has 3 N–H and O–H groups in total. The summed E-state index contributed by atoms with van der Waals surface area (Å²) in [6.07, 6.45) is 4.58. The van der Waals surface area contributed by atoms with Crippen LogP contribution in [-0.2, 0) is 4.79 Å². The number of carbonyl (C=O) groups is 1. The van der Waals surface area contributed by atoms with Crippen molar-refractivity contribution >= 4 is 11.6 Å². The fourth-order valence-corrected chi connectivity index (χ4v) is 2.75. The topological polar surface area (TPSA) is 58.4 Å². The van der Waals surface area contributed by atoms with E-state index in [0.717, 1.165) is 18.5 Å². The number of carbonyl (C=O) groups excluding carboxylic acids is 1. The van der Waals surface area contributed by atoms with Crippen LogP contribution in [0.2, 0.25) is 0 Å². The van der Waals surface area contributed by atoms with E-state index in [1.807, 2.05) is 37.4 Å². The molecule has 19 heavy (non-hydrogen) atoms. The van der Waals surface area contributed by atoms with Crippen LogP contribution in [-0.4, -0.2) is 36.5 Å². The fourth-order valence-electron chi connectivity index (χ4n) is 2.75. The summed E-state index contributed by atoms with van der Waals surface area (Å²) in [5, 5.41) is 2.91. The molecule has 1 aliphatic rings. The Morgan fingerprint density at radius 3 is 2.68 bits per heavy atom. The van der Waals surface area contributed by atoms with Crippen molar-refractivity contribution in [2.24, 2.45) is 5.73 Å². The van der Waals surface area contributed by atoms with Gasteiger partial charge >= 0.3 is 0 Å². The number of likely N-dealkylation sites (N-methyl/N-ethyl adjacent to an activating group) is 1. The number of nitrogens with one attached hydrogen (secondary N) is 1. The Labute approximate surface area is 115 Å². The largest absolute Gasteiger partial charge is 0.326 e. The monoisotopic (exact) mass is 261 g/mol. The predicted octanol–water partition coefficient (Wildman–Crippen LogP) is 1.83. The maximum absolute atomic E-state index is 12.0. The summed E-state index contributed by atoms with van der Waals surface area (Å²) in [5.41, 5.74) is 6.98. The molecule has 0 heterocycles. The lowest BCUT2D eigenvalue weighted by Crippen LogP contribution is -2.50. The third kappa shape index (κ3) is 4.04. The number of nitrogens with zero attached hydrogens (tertiary/aromatic N) is 1. The lowest BCUT2D eigenvalue weighted by molar-refractivity contribution is -0.117. The van der Waals surface area contributed by atoms with Gasteiger partial charge in [0.25, 0.3) is 0 Å². The molecule has 2 atom stereocenters. The molecule has 1 aliphatic carbocycles. The van der Waals surface area contributed by atoms with Crippen molar-refractivity contribution in [2.75, 3.05) is 18.9 Å². The van der Waals surface area contributed by atoms with Crippen LogP contribution >= 0.6 is 0 Å². The first-order chi connectivity index (χ1) is 9.16. The van der Waals surface area contributed by atoms with Gasteiger partial charge in [0.1, 0.15) is 0 Å². The second kappa shape index (κ2) is 6.68. The quantitative estimate of drug-likeness (QED) is 0.869. The first-order valence-corrected chi connectivity index (χ1v) is 6.97. The Bertz CT molecular complexity index is 407.